The largest absolute Gasteiger partial charge is 0.462 e. The summed E-state index contributed by atoms with van der Waals surface area (Å²) < 4.78 is 31.4. The highest BCUT2D eigenvalue weighted by molar-refractivity contribution is 7.89. The van der Waals surface area contributed by atoms with Crippen molar-refractivity contribution >= 4 is 27.7 Å². The van der Waals surface area contributed by atoms with Gasteiger partial charge in [-0.25, -0.2) is 22.5 Å². The molecule has 1 amide bonds. The van der Waals surface area contributed by atoms with Crippen molar-refractivity contribution in [2.24, 2.45) is 0 Å². The van der Waals surface area contributed by atoms with E-state index < -0.39 is 21.9 Å². The van der Waals surface area contributed by atoms with Crippen LogP contribution >= 0.6 is 0 Å². The number of benzene rings is 1. The number of nitrogens with zero attached hydrogens (tertiary/aromatic N) is 2. The number of anilines is 1. The molecule has 0 spiro atoms. The summed E-state index contributed by atoms with van der Waals surface area (Å²) in [5.74, 6) is -0.980. The molecule has 1 aromatic heterocycles. The van der Waals surface area contributed by atoms with Crippen LogP contribution in [0.15, 0.2) is 47.4 Å². The summed E-state index contributed by atoms with van der Waals surface area (Å²) in [5, 5.41) is 2.80. The molecule has 1 heterocycles. The summed E-state index contributed by atoms with van der Waals surface area (Å²) in [5.41, 5.74) is 0.654. The van der Waals surface area contributed by atoms with Gasteiger partial charge in [0.2, 0.25) is 0 Å². The summed E-state index contributed by atoms with van der Waals surface area (Å²) in [7, 11) is -3.08. The Morgan fingerprint density at radius 3 is 2.54 bits per heavy atom. The lowest BCUT2D eigenvalue weighted by atomic mass is 10.2. The molecular weight excluding hydrogens is 382 g/mol. The number of rotatable bonds is 8. The summed E-state index contributed by atoms with van der Waals surface area (Å²) in [6.07, 6.45) is 0.609. The van der Waals surface area contributed by atoms with Crippen molar-refractivity contribution in [2.75, 3.05) is 25.5 Å². The molecule has 0 aliphatic carbocycles. The van der Waals surface area contributed by atoms with Crippen LogP contribution in [0.25, 0.3) is 0 Å². The maximum Gasteiger partial charge on any atom is 0.339 e. The van der Waals surface area contributed by atoms with Crippen LogP contribution in [-0.4, -0.2) is 49.8 Å². The smallest absolute Gasteiger partial charge is 0.339 e. The third kappa shape index (κ3) is 5.07. The zero-order valence-corrected chi connectivity index (χ0v) is 16.8. The summed E-state index contributed by atoms with van der Waals surface area (Å²) in [4.78, 5) is 28.5. The van der Waals surface area contributed by atoms with E-state index in [-0.39, 0.29) is 23.6 Å². The third-order valence-electron chi connectivity index (χ3n) is 3.84. The Hall–Kier alpha value is -2.94. The van der Waals surface area contributed by atoms with E-state index in [9.17, 15) is 18.0 Å². The Morgan fingerprint density at radius 1 is 1.14 bits per heavy atom. The van der Waals surface area contributed by atoms with Gasteiger partial charge in [0, 0.05) is 12.7 Å². The zero-order chi connectivity index (χ0) is 20.7. The number of esters is 1. The van der Waals surface area contributed by atoms with E-state index in [2.05, 4.69) is 10.3 Å². The van der Waals surface area contributed by atoms with Gasteiger partial charge < -0.3 is 10.1 Å². The van der Waals surface area contributed by atoms with Crippen LogP contribution in [0.3, 0.4) is 0 Å². The van der Waals surface area contributed by atoms with Crippen LogP contribution in [-0.2, 0) is 19.6 Å². The fraction of sp³-hybridized carbons (Fsp3) is 0.316. The maximum atomic E-state index is 12.9. The van der Waals surface area contributed by atoms with E-state index in [4.69, 9.17) is 4.74 Å². The number of amides is 1. The van der Waals surface area contributed by atoms with Crippen molar-refractivity contribution in [3.8, 4) is 0 Å². The number of aromatic nitrogens is 1. The van der Waals surface area contributed by atoms with Crippen molar-refractivity contribution in [3.63, 3.8) is 0 Å². The summed E-state index contributed by atoms with van der Waals surface area (Å²) >= 11 is 0. The number of carbonyl (C=O) groups is 2. The number of pyridine rings is 1. The van der Waals surface area contributed by atoms with Crippen molar-refractivity contribution < 1.29 is 22.7 Å². The highest BCUT2D eigenvalue weighted by Crippen LogP contribution is 2.20. The number of hydrogen-bond donors (Lipinski definition) is 1. The van der Waals surface area contributed by atoms with E-state index in [0.29, 0.717) is 16.5 Å². The first-order valence-electron chi connectivity index (χ1n) is 8.72. The van der Waals surface area contributed by atoms with Gasteiger partial charge in [-0.15, -0.1) is 0 Å². The predicted octanol–water partition coefficient (Wildman–Crippen LogP) is 2.22. The molecule has 9 heteroatoms. The molecule has 0 fully saturated rings. The molecule has 0 radical (unpaired) electrons. The quantitative estimate of drug-likeness (QED) is 0.671. The molecule has 1 aromatic carbocycles. The standard InChI is InChI=1S/C19H23N3O5S/c1-4-12-27-19(24)15-9-5-6-10-16(15)28(25,26)22(3)18(23)13-20-17-11-7-8-14(2)21-17/h5-11H,4,12-13H2,1-3H3,(H,20,21). The summed E-state index contributed by atoms with van der Waals surface area (Å²) in [6, 6.07) is 10.9. The number of hydrogen-bond acceptors (Lipinski definition) is 7. The highest BCUT2D eigenvalue weighted by Gasteiger charge is 2.30. The second-order valence-corrected chi connectivity index (χ2v) is 7.95. The Kier molecular flexibility index (Phi) is 7.11. The Balaban J connectivity index is 2.19. The van der Waals surface area contributed by atoms with Crippen LogP contribution < -0.4 is 5.32 Å². The molecule has 0 aliphatic rings. The second-order valence-electron chi connectivity index (χ2n) is 6.02. The van der Waals surface area contributed by atoms with Gasteiger partial charge in [-0.3, -0.25) is 4.79 Å². The number of likely N-dealkylation sites (N-methyl/N-ethyl adjacent to an activating group) is 1. The van der Waals surface area contributed by atoms with Crippen molar-refractivity contribution in [1.82, 2.24) is 9.29 Å². The van der Waals surface area contributed by atoms with Gasteiger partial charge in [0.1, 0.15) is 10.7 Å². The highest BCUT2D eigenvalue weighted by atomic mass is 32.2. The molecule has 2 rings (SSSR count). The van der Waals surface area contributed by atoms with Gasteiger partial charge in [-0.2, -0.15) is 0 Å². The molecule has 150 valence electrons. The predicted molar refractivity (Wildman–Crippen MR) is 104 cm³/mol. The fourth-order valence-electron chi connectivity index (χ4n) is 2.33. The van der Waals surface area contributed by atoms with Gasteiger partial charge in [0.15, 0.2) is 0 Å². The molecule has 0 atom stereocenters. The van der Waals surface area contributed by atoms with Gasteiger partial charge in [-0.05, 0) is 37.6 Å². The maximum absolute atomic E-state index is 12.9. The van der Waals surface area contributed by atoms with Gasteiger partial charge in [-0.1, -0.05) is 25.1 Å². The number of ether oxygens (including phenoxy) is 1. The fourth-order valence-corrected chi connectivity index (χ4v) is 3.64. The van der Waals surface area contributed by atoms with Gasteiger partial charge in [0.25, 0.3) is 15.9 Å². The normalized spacial score (nSPS) is 11.0. The minimum atomic E-state index is -4.23. The van der Waals surface area contributed by atoms with E-state index in [1.165, 1.54) is 24.3 Å². The molecule has 28 heavy (non-hydrogen) atoms. The first kappa shape index (κ1) is 21.4. The van der Waals surface area contributed by atoms with E-state index in [1.807, 2.05) is 6.92 Å². The molecule has 8 nitrogen and oxygen atoms in total. The SMILES string of the molecule is CCCOC(=O)c1ccccc1S(=O)(=O)N(C)C(=O)CNc1cccc(C)n1. The first-order valence-corrected chi connectivity index (χ1v) is 10.2. The molecule has 0 unspecified atom stereocenters. The Bertz CT molecular complexity index is 960. The van der Waals surface area contributed by atoms with E-state index in [1.54, 1.807) is 25.1 Å². The minimum absolute atomic E-state index is 0.107. The number of nitrogens with one attached hydrogen (secondary N) is 1. The number of sulfonamides is 1. The van der Waals surface area contributed by atoms with E-state index >= 15 is 0 Å². The average Bonchev–Trinajstić information content (AvgIpc) is 2.69. The minimum Gasteiger partial charge on any atom is -0.462 e. The Morgan fingerprint density at radius 2 is 1.86 bits per heavy atom. The lowest BCUT2D eigenvalue weighted by Crippen LogP contribution is -2.38. The average molecular weight is 405 g/mol. The van der Waals surface area contributed by atoms with E-state index in [0.717, 1.165) is 12.7 Å². The van der Waals surface area contributed by atoms with Crippen molar-refractivity contribution in [1.29, 1.82) is 0 Å². The van der Waals surface area contributed by atoms with Gasteiger partial charge >= 0.3 is 5.97 Å². The topological polar surface area (TPSA) is 106 Å². The first-order chi connectivity index (χ1) is 13.3. The monoisotopic (exact) mass is 405 g/mol. The van der Waals surface area contributed by atoms with Crippen LogP contribution in [0.1, 0.15) is 29.4 Å². The lowest BCUT2D eigenvalue weighted by molar-refractivity contribution is -0.123. The third-order valence-corrected chi connectivity index (χ3v) is 5.68. The van der Waals surface area contributed by atoms with Crippen LogP contribution in [0.5, 0.6) is 0 Å². The molecule has 0 bridgehead atoms. The molecule has 0 saturated heterocycles. The van der Waals surface area contributed by atoms with Crippen molar-refractivity contribution in [2.45, 2.75) is 25.2 Å². The van der Waals surface area contributed by atoms with Crippen LogP contribution in [0.4, 0.5) is 5.82 Å². The molecule has 2 aromatic rings. The summed E-state index contributed by atoms with van der Waals surface area (Å²) in [6.45, 7) is 3.54. The second kappa shape index (κ2) is 9.32. The molecule has 0 saturated carbocycles. The lowest BCUT2D eigenvalue weighted by Gasteiger charge is -2.19. The van der Waals surface area contributed by atoms with Crippen LogP contribution in [0, 0.1) is 6.92 Å². The van der Waals surface area contributed by atoms with Crippen LogP contribution in [0.2, 0.25) is 0 Å². The Labute approximate surface area is 164 Å². The molecule has 1 N–H and O–H groups in total. The number of aryl methyl sites for hydroxylation is 1. The van der Waals surface area contributed by atoms with Crippen molar-refractivity contribution in [3.05, 3.63) is 53.7 Å². The van der Waals surface area contributed by atoms with Gasteiger partial charge in [0.05, 0.1) is 18.7 Å². The molecule has 0 aliphatic heterocycles. The molecular formula is C19H23N3O5S. The zero-order valence-electron chi connectivity index (χ0n) is 16.0. The number of carbonyl (C=O) groups excluding carboxylic acids is 2.